The van der Waals surface area contributed by atoms with Crippen molar-refractivity contribution in [3.05, 3.63) is 0 Å². The van der Waals surface area contributed by atoms with Crippen molar-refractivity contribution in [3.8, 4) is 0 Å². The molecule has 7 heteroatoms. The molecule has 19 heavy (non-hydrogen) atoms. The number of rotatable bonds is 6. The molecule has 0 amide bonds. The van der Waals surface area contributed by atoms with Crippen molar-refractivity contribution in [2.45, 2.75) is 57.4 Å². The molecule has 1 saturated heterocycles. The molecular weight excluding hydrogens is 256 g/mol. The van der Waals surface area contributed by atoms with Gasteiger partial charge in [-0.1, -0.05) is 13.3 Å². The zero-order chi connectivity index (χ0) is 14.4. The van der Waals surface area contributed by atoms with E-state index in [1.807, 2.05) is 6.92 Å². The highest BCUT2D eigenvalue weighted by atomic mass is 16.7. The SMILES string of the molecule is CCCCO[C@H]1[C@@H](OC(C)=O)[C@H](O)[C@@H](CO)O[C@@H]1O. The first-order chi connectivity index (χ1) is 9.01. The van der Waals surface area contributed by atoms with E-state index in [0.29, 0.717) is 6.61 Å². The Morgan fingerprint density at radius 1 is 1.32 bits per heavy atom. The topological polar surface area (TPSA) is 105 Å². The van der Waals surface area contributed by atoms with Gasteiger partial charge in [-0.2, -0.15) is 0 Å². The Kier molecular flexibility index (Phi) is 6.67. The average Bonchev–Trinajstić information content (AvgIpc) is 2.36. The first kappa shape index (κ1) is 16.3. The second kappa shape index (κ2) is 7.76. The summed E-state index contributed by atoms with van der Waals surface area (Å²) in [5, 5.41) is 28.8. The van der Waals surface area contributed by atoms with Gasteiger partial charge in [-0.3, -0.25) is 4.79 Å². The minimum absolute atomic E-state index is 0.357. The fourth-order valence-corrected chi connectivity index (χ4v) is 1.93. The number of carbonyl (C=O) groups is 1. The fourth-order valence-electron chi connectivity index (χ4n) is 1.93. The van der Waals surface area contributed by atoms with E-state index in [2.05, 4.69) is 0 Å². The molecule has 3 N–H and O–H groups in total. The van der Waals surface area contributed by atoms with Crippen LogP contribution in [0, 0.1) is 0 Å². The number of unbranched alkanes of at least 4 members (excludes halogenated alkanes) is 1. The Hall–Kier alpha value is -0.730. The van der Waals surface area contributed by atoms with E-state index < -0.39 is 43.3 Å². The zero-order valence-corrected chi connectivity index (χ0v) is 11.2. The van der Waals surface area contributed by atoms with Crippen LogP contribution in [0.5, 0.6) is 0 Å². The molecule has 0 saturated carbocycles. The Bertz CT molecular complexity index is 283. The zero-order valence-electron chi connectivity index (χ0n) is 11.2. The van der Waals surface area contributed by atoms with E-state index in [1.54, 1.807) is 0 Å². The van der Waals surface area contributed by atoms with Crippen LogP contribution in [0.15, 0.2) is 0 Å². The number of esters is 1. The number of aliphatic hydroxyl groups excluding tert-OH is 3. The quantitative estimate of drug-likeness (QED) is 0.430. The predicted octanol–water partition coefficient (Wildman–Crippen LogP) is -0.826. The lowest BCUT2D eigenvalue weighted by Crippen LogP contribution is -2.60. The van der Waals surface area contributed by atoms with Gasteiger partial charge in [0, 0.05) is 13.5 Å². The Morgan fingerprint density at radius 2 is 2.00 bits per heavy atom. The molecule has 0 aromatic carbocycles. The van der Waals surface area contributed by atoms with Crippen LogP contribution in [-0.4, -0.2) is 65.2 Å². The smallest absolute Gasteiger partial charge is 0.303 e. The molecule has 1 fully saturated rings. The van der Waals surface area contributed by atoms with Gasteiger partial charge in [-0.25, -0.2) is 0 Å². The Morgan fingerprint density at radius 3 is 2.53 bits per heavy atom. The van der Waals surface area contributed by atoms with Crippen LogP contribution < -0.4 is 0 Å². The van der Waals surface area contributed by atoms with E-state index in [1.165, 1.54) is 6.92 Å². The van der Waals surface area contributed by atoms with Gasteiger partial charge in [0.25, 0.3) is 0 Å². The van der Waals surface area contributed by atoms with Crippen molar-refractivity contribution in [2.24, 2.45) is 0 Å². The molecule has 1 rings (SSSR count). The summed E-state index contributed by atoms with van der Waals surface area (Å²) in [4.78, 5) is 11.1. The van der Waals surface area contributed by atoms with Gasteiger partial charge in [0.2, 0.25) is 0 Å². The second-order valence-electron chi connectivity index (χ2n) is 4.50. The maximum absolute atomic E-state index is 11.1. The maximum atomic E-state index is 11.1. The average molecular weight is 278 g/mol. The maximum Gasteiger partial charge on any atom is 0.303 e. The number of hydrogen-bond donors (Lipinski definition) is 3. The summed E-state index contributed by atoms with van der Waals surface area (Å²) in [7, 11) is 0. The van der Waals surface area contributed by atoms with Gasteiger partial charge in [-0.05, 0) is 6.42 Å². The van der Waals surface area contributed by atoms with Crippen molar-refractivity contribution in [2.75, 3.05) is 13.2 Å². The summed E-state index contributed by atoms with van der Waals surface area (Å²) in [5.74, 6) is -0.598. The van der Waals surface area contributed by atoms with Crippen LogP contribution >= 0.6 is 0 Å². The molecule has 0 bridgehead atoms. The third-order valence-electron chi connectivity index (χ3n) is 2.93. The molecule has 0 radical (unpaired) electrons. The largest absolute Gasteiger partial charge is 0.457 e. The normalized spacial score (nSPS) is 35.1. The number of aliphatic hydroxyl groups is 3. The summed E-state index contributed by atoms with van der Waals surface area (Å²) in [6, 6.07) is 0. The summed E-state index contributed by atoms with van der Waals surface area (Å²) >= 11 is 0. The lowest BCUT2D eigenvalue weighted by atomic mass is 9.99. The summed E-state index contributed by atoms with van der Waals surface area (Å²) in [6.45, 7) is 3.05. The molecular formula is C12H22O7. The highest BCUT2D eigenvalue weighted by Crippen LogP contribution is 2.25. The minimum Gasteiger partial charge on any atom is -0.457 e. The standard InChI is InChI=1S/C12H22O7/c1-3-4-5-17-11-10(18-7(2)14)9(15)8(6-13)19-12(11)16/h8-13,15-16H,3-6H2,1-2H3/t8-,9-,10+,11+,12+/m1/s1. The Balaban J connectivity index is 2.74. The molecule has 5 atom stereocenters. The van der Waals surface area contributed by atoms with Gasteiger partial charge in [0.15, 0.2) is 12.4 Å². The lowest BCUT2D eigenvalue weighted by molar-refractivity contribution is -0.298. The molecule has 0 aromatic rings. The van der Waals surface area contributed by atoms with Crippen molar-refractivity contribution in [1.82, 2.24) is 0 Å². The van der Waals surface area contributed by atoms with E-state index in [9.17, 15) is 15.0 Å². The van der Waals surface area contributed by atoms with Gasteiger partial charge < -0.3 is 29.5 Å². The molecule has 0 spiro atoms. The van der Waals surface area contributed by atoms with Crippen LogP contribution in [0.2, 0.25) is 0 Å². The molecule has 1 heterocycles. The molecule has 0 aromatic heterocycles. The van der Waals surface area contributed by atoms with Gasteiger partial charge in [0.05, 0.1) is 6.61 Å². The number of hydrogen-bond acceptors (Lipinski definition) is 7. The lowest BCUT2D eigenvalue weighted by Gasteiger charge is -2.41. The molecule has 0 aliphatic carbocycles. The monoisotopic (exact) mass is 278 g/mol. The van der Waals surface area contributed by atoms with Gasteiger partial charge >= 0.3 is 5.97 Å². The van der Waals surface area contributed by atoms with Crippen molar-refractivity contribution in [3.63, 3.8) is 0 Å². The Labute approximate surface area is 112 Å². The van der Waals surface area contributed by atoms with Crippen LogP contribution in [-0.2, 0) is 19.0 Å². The second-order valence-corrected chi connectivity index (χ2v) is 4.50. The summed E-state index contributed by atoms with van der Waals surface area (Å²) in [5.41, 5.74) is 0. The highest BCUT2D eigenvalue weighted by Gasteiger charge is 2.47. The molecule has 1 aliphatic heterocycles. The predicted molar refractivity (Wildman–Crippen MR) is 64.2 cm³/mol. The van der Waals surface area contributed by atoms with Crippen LogP contribution in [0.1, 0.15) is 26.7 Å². The third kappa shape index (κ3) is 4.39. The van der Waals surface area contributed by atoms with Crippen LogP contribution in [0.3, 0.4) is 0 Å². The molecule has 112 valence electrons. The third-order valence-corrected chi connectivity index (χ3v) is 2.93. The first-order valence-corrected chi connectivity index (χ1v) is 6.42. The van der Waals surface area contributed by atoms with Crippen LogP contribution in [0.25, 0.3) is 0 Å². The minimum atomic E-state index is -1.36. The van der Waals surface area contributed by atoms with E-state index in [-0.39, 0.29) is 0 Å². The van der Waals surface area contributed by atoms with E-state index in [0.717, 1.165) is 12.8 Å². The van der Waals surface area contributed by atoms with E-state index in [4.69, 9.17) is 19.3 Å². The van der Waals surface area contributed by atoms with Crippen molar-refractivity contribution in [1.29, 1.82) is 0 Å². The summed E-state index contributed by atoms with van der Waals surface area (Å²) in [6.07, 6.45) is -3.96. The molecule has 1 aliphatic rings. The van der Waals surface area contributed by atoms with Crippen molar-refractivity contribution < 1.29 is 34.3 Å². The summed E-state index contributed by atoms with van der Waals surface area (Å²) < 4.78 is 15.4. The fraction of sp³-hybridized carbons (Fsp3) is 0.917. The first-order valence-electron chi connectivity index (χ1n) is 6.42. The van der Waals surface area contributed by atoms with Gasteiger partial charge in [-0.15, -0.1) is 0 Å². The number of ether oxygens (including phenoxy) is 3. The number of carbonyl (C=O) groups excluding carboxylic acids is 1. The molecule has 0 unspecified atom stereocenters. The van der Waals surface area contributed by atoms with Crippen LogP contribution in [0.4, 0.5) is 0 Å². The van der Waals surface area contributed by atoms with E-state index >= 15 is 0 Å². The molecule has 7 nitrogen and oxygen atoms in total. The highest BCUT2D eigenvalue weighted by molar-refractivity contribution is 5.66. The van der Waals surface area contributed by atoms with Crippen molar-refractivity contribution >= 4 is 5.97 Å². The van der Waals surface area contributed by atoms with Gasteiger partial charge in [0.1, 0.15) is 18.3 Å².